The first-order valence-electron chi connectivity index (χ1n) is 7.56. The van der Waals surface area contributed by atoms with Gasteiger partial charge < -0.3 is 24.8 Å². The molecular formula is C16H27N3O3. The third kappa shape index (κ3) is 5.81. The van der Waals surface area contributed by atoms with Gasteiger partial charge in [-0.2, -0.15) is 0 Å². The van der Waals surface area contributed by atoms with Gasteiger partial charge in [-0.25, -0.2) is 4.99 Å². The number of ether oxygens (including phenoxy) is 3. The normalized spacial score (nSPS) is 11.2. The van der Waals surface area contributed by atoms with Crippen LogP contribution in [0, 0.1) is 0 Å². The van der Waals surface area contributed by atoms with Crippen molar-refractivity contribution >= 4 is 5.96 Å². The number of benzene rings is 1. The topological polar surface area (TPSA) is 64.1 Å². The van der Waals surface area contributed by atoms with E-state index in [-0.39, 0.29) is 0 Å². The number of nitrogens with zero attached hydrogens (tertiary/aromatic N) is 1. The first-order valence-corrected chi connectivity index (χ1v) is 7.56. The molecular weight excluding hydrogens is 282 g/mol. The molecule has 6 nitrogen and oxygen atoms in total. The zero-order valence-corrected chi connectivity index (χ0v) is 13.9. The number of para-hydroxylation sites is 1. The third-order valence-electron chi connectivity index (χ3n) is 2.98. The van der Waals surface area contributed by atoms with E-state index < -0.39 is 0 Å². The van der Waals surface area contributed by atoms with E-state index in [1.807, 2.05) is 32.0 Å². The molecule has 0 heterocycles. The fraction of sp³-hybridized carbons (Fsp3) is 0.562. The molecule has 1 rings (SSSR count). The van der Waals surface area contributed by atoms with Crippen LogP contribution in [-0.4, -0.2) is 46.5 Å². The summed E-state index contributed by atoms with van der Waals surface area (Å²) in [4.78, 5) is 4.57. The average molecular weight is 309 g/mol. The summed E-state index contributed by atoms with van der Waals surface area (Å²) in [6.07, 6.45) is 0. The highest BCUT2D eigenvalue weighted by Gasteiger charge is 2.09. The predicted octanol–water partition coefficient (Wildman–Crippen LogP) is 1.80. The molecule has 6 heteroatoms. The number of methoxy groups -OCH3 is 2. The number of aliphatic imine (C=N–C) groups is 1. The maximum absolute atomic E-state index is 5.42. The molecule has 0 saturated heterocycles. The lowest BCUT2D eigenvalue weighted by Gasteiger charge is -2.13. The van der Waals surface area contributed by atoms with Crippen molar-refractivity contribution in [2.24, 2.45) is 4.99 Å². The van der Waals surface area contributed by atoms with E-state index in [2.05, 4.69) is 15.6 Å². The minimum Gasteiger partial charge on any atom is -0.493 e. The van der Waals surface area contributed by atoms with E-state index in [4.69, 9.17) is 14.2 Å². The van der Waals surface area contributed by atoms with Gasteiger partial charge in [0.1, 0.15) is 0 Å². The Bertz CT molecular complexity index is 464. The first kappa shape index (κ1) is 18.1. The molecule has 0 saturated carbocycles. The Morgan fingerprint density at radius 3 is 2.59 bits per heavy atom. The van der Waals surface area contributed by atoms with E-state index >= 15 is 0 Å². The molecule has 0 radical (unpaired) electrons. The molecule has 22 heavy (non-hydrogen) atoms. The van der Waals surface area contributed by atoms with Crippen molar-refractivity contribution in [2.45, 2.75) is 20.4 Å². The molecule has 0 aliphatic carbocycles. The van der Waals surface area contributed by atoms with Crippen LogP contribution in [0.15, 0.2) is 23.2 Å². The Morgan fingerprint density at radius 1 is 1.14 bits per heavy atom. The van der Waals surface area contributed by atoms with Gasteiger partial charge in [-0.05, 0) is 19.9 Å². The van der Waals surface area contributed by atoms with Crippen molar-refractivity contribution in [3.05, 3.63) is 23.8 Å². The van der Waals surface area contributed by atoms with Gasteiger partial charge in [0.2, 0.25) is 0 Å². The molecule has 0 aromatic heterocycles. The number of hydrogen-bond acceptors (Lipinski definition) is 4. The Morgan fingerprint density at radius 2 is 1.95 bits per heavy atom. The van der Waals surface area contributed by atoms with Crippen LogP contribution in [0.2, 0.25) is 0 Å². The number of guanidine groups is 1. The van der Waals surface area contributed by atoms with Gasteiger partial charge >= 0.3 is 0 Å². The van der Waals surface area contributed by atoms with Crippen LogP contribution in [0.4, 0.5) is 0 Å². The summed E-state index contributed by atoms with van der Waals surface area (Å²) < 4.78 is 16.0. The summed E-state index contributed by atoms with van der Waals surface area (Å²) >= 11 is 0. The lowest BCUT2D eigenvalue weighted by atomic mass is 10.2. The summed E-state index contributed by atoms with van der Waals surface area (Å²) in [5.41, 5.74) is 0.976. The van der Waals surface area contributed by atoms with Crippen molar-refractivity contribution in [1.82, 2.24) is 10.6 Å². The minimum absolute atomic E-state index is 0.504. The van der Waals surface area contributed by atoms with Crippen LogP contribution in [0.1, 0.15) is 19.4 Å². The van der Waals surface area contributed by atoms with E-state index in [1.54, 1.807) is 14.2 Å². The quantitative estimate of drug-likeness (QED) is 0.414. The minimum atomic E-state index is 0.504. The van der Waals surface area contributed by atoms with Crippen LogP contribution in [0.3, 0.4) is 0 Å². The van der Waals surface area contributed by atoms with E-state index in [1.165, 1.54) is 0 Å². The molecule has 0 aliphatic heterocycles. The Hall–Kier alpha value is -1.95. The second-order valence-electron chi connectivity index (χ2n) is 4.47. The number of rotatable bonds is 9. The van der Waals surface area contributed by atoms with Gasteiger partial charge in [-0.3, -0.25) is 0 Å². The van der Waals surface area contributed by atoms with E-state index in [9.17, 15) is 0 Å². The third-order valence-corrected chi connectivity index (χ3v) is 2.98. The smallest absolute Gasteiger partial charge is 0.191 e. The fourth-order valence-corrected chi connectivity index (χ4v) is 1.97. The second kappa shape index (κ2) is 10.7. The standard InChI is InChI=1S/C16H27N3O3/c1-5-17-16(18-10-11-22-6-2)19-12-13-8-7-9-14(20-3)15(13)21-4/h7-9H,5-6,10-12H2,1-4H3,(H2,17,18,19). The largest absolute Gasteiger partial charge is 0.493 e. The van der Waals surface area contributed by atoms with Gasteiger partial charge in [0, 0.05) is 25.3 Å². The second-order valence-corrected chi connectivity index (χ2v) is 4.47. The van der Waals surface area contributed by atoms with Crippen LogP contribution >= 0.6 is 0 Å². The monoisotopic (exact) mass is 309 g/mol. The zero-order chi connectivity index (χ0) is 16.2. The van der Waals surface area contributed by atoms with Crippen molar-refractivity contribution in [3.63, 3.8) is 0 Å². The van der Waals surface area contributed by atoms with Gasteiger partial charge in [0.05, 0.1) is 27.4 Å². The molecule has 2 N–H and O–H groups in total. The van der Waals surface area contributed by atoms with Crippen LogP contribution in [0.25, 0.3) is 0 Å². The van der Waals surface area contributed by atoms with Crippen molar-refractivity contribution < 1.29 is 14.2 Å². The lowest BCUT2D eigenvalue weighted by molar-refractivity contribution is 0.152. The maximum Gasteiger partial charge on any atom is 0.191 e. The Balaban J connectivity index is 2.72. The summed E-state index contributed by atoms with van der Waals surface area (Å²) in [7, 11) is 3.26. The number of nitrogens with one attached hydrogen (secondary N) is 2. The Kier molecular flexibility index (Phi) is 8.83. The highest BCUT2D eigenvalue weighted by atomic mass is 16.5. The molecule has 0 bridgehead atoms. The summed E-state index contributed by atoms with van der Waals surface area (Å²) in [6.45, 7) is 7.41. The van der Waals surface area contributed by atoms with Crippen molar-refractivity contribution in [3.8, 4) is 11.5 Å². The van der Waals surface area contributed by atoms with Crippen molar-refractivity contribution in [1.29, 1.82) is 0 Å². The zero-order valence-electron chi connectivity index (χ0n) is 13.9. The highest BCUT2D eigenvalue weighted by Crippen LogP contribution is 2.30. The van der Waals surface area contributed by atoms with Crippen molar-refractivity contribution in [2.75, 3.05) is 40.5 Å². The molecule has 0 unspecified atom stereocenters. The summed E-state index contributed by atoms with van der Waals surface area (Å²) in [6, 6.07) is 5.79. The molecule has 0 aliphatic rings. The predicted molar refractivity (Wildman–Crippen MR) is 88.9 cm³/mol. The van der Waals surface area contributed by atoms with Gasteiger partial charge in [-0.1, -0.05) is 12.1 Å². The van der Waals surface area contributed by atoms with E-state index in [0.717, 1.165) is 37.0 Å². The first-order chi connectivity index (χ1) is 10.8. The molecule has 0 amide bonds. The SMILES string of the molecule is CCNC(=NCc1cccc(OC)c1OC)NCCOCC. The van der Waals surface area contributed by atoms with Crippen LogP contribution < -0.4 is 20.1 Å². The summed E-state index contributed by atoms with van der Waals surface area (Å²) in [5.74, 6) is 2.19. The fourth-order valence-electron chi connectivity index (χ4n) is 1.97. The van der Waals surface area contributed by atoms with Crippen LogP contribution in [0.5, 0.6) is 11.5 Å². The molecule has 124 valence electrons. The molecule has 0 spiro atoms. The van der Waals surface area contributed by atoms with Gasteiger partial charge in [0.15, 0.2) is 17.5 Å². The summed E-state index contributed by atoms with van der Waals surface area (Å²) in [5, 5.41) is 6.44. The van der Waals surface area contributed by atoms with Gasteiger partial charge in [-0.15, -0.1) is 0 Å². The number of hydrogen-bond donors (Lipinski definition) is 2. The highest BCUT2D eigenvalue weighted by molar-refractivity contribution is 5.79. The molecule has 1 aromatic rings. The molecule has 0 fully saturated rings. The Labute approximate surface area is 132 Å². The van der Waals surface area contributed by atoms with Gasteiger partial charge in [0.25, 0.3) is 0 Å². The molecule has 1 aromatic carbocycles. The average Bonchev–Trinajstić information content (AvgIpc) is 2.55. The maximum atomic E-state index is 5.42. The molecule has 0 atom stereocenters. The van der Waals surface area contributed by atoms with Crippen LogP contribution in [-0.2, 0) is 11.3 Å². The lowest BCUT2D eigenvalue weighted by Crippen LogP contribution is -2.39. The van der Waals surface area contributed by atoms with E-state index in [0.29, 0.717) is 18.9 Å².